The second-order valence-corrected chi connectivity index (χ2v) is 7.50. The number of nitrogen functional groups attached to an aromatic ring is 1. The van der Waals surface area contributed by atoms with Crippen molar-refractivity contribution in [3.8, 4) is 0 Å². The first-order valence-electron chi connectivity index (χ1n) is 5.29. The summed E-state index contributed by atoms with van der Waals surface area (Å²) in [5, 5.41) is 2.88. The van der Waals surface area contributed by atoms with Gasteiger partial charge in [-0.05, 0) is 0 Å². The number of hydrogen-bond donors (Lipinski definition) is 2. The molecule has 0 aliphatic heterocycles. The van der Waals surface area contributed by atoms with E-state index in [2.05, 4.69) is 5.10 Å². The fourth-order valence-corrected chi connectivity index (χ4v) is 2.00. The predicted molar refractivity (Wildman–Crippen MR) is 67.9 cm³/mol. The molecule has 98 valence electrons. The van der Waals surface area contributed by atoms with Gasteiger partial charge in [-0.2, -0.15) is 0 Å². The molecule has 0 fully saturated rings. The number of sulfone groups is 1. The summed E-state index contributed by atoms with van der Waals surface area (Å²) in [7, 11) is -3.10. The number of H-pyrrole nitrogens is 1. The highest BCUT2D eigenvalue weighted by atomic mass is 32.2. The van der Waals surface area contributed by atoms with Gasteiger partial charge in [0.25, 0.3) is 5.56 Å². The number of nitrogens with one attached hydrogen (secondary N) is 1. The van der Waals surface area contributed by atoms with Gasteiger partial charge in [-0.1, -0.05) is 20.8 Å². The molecule has 6 nitrogen and oxygen atoms in total. The Morgan fingerprint density at radius 1 is 1.35 bits per heavy atom. The van der Waals surface area contributed by atoms with Gasteiger partial charge in [0.2, 0.25) is 0 Å². The number of rotatable bonds is 3. The molecule has 0 amide bonds. The Bertz CT molecular complexity index is 561. The van der Waals surface area contributed by atoms with Gasteiger partial charge in [0.05, 0.1) is 18.0 Å². The van der Waals surface area contributed by atoms with Crippen LogP contribution in [0.15, 0.2) is 4.79 Å². The minimum atomic E-state index is -3.10. The molecule has 0 aromatic carbocycles. The molecule has 1 aromatic rings. The largest absolute Gasteiger partial charge is 0.393 e. The third-order valence-corrected chi connectivity index (χ3v) is 3.35. The van der Waals surface area contributed by atoms with Crippen LogP contribution in [0.1, 0.15) is 26.5 Å². The molecule has 0 atom stereocenters. The topological polar surface area (TPSA) is 98.0 Å². The molecule has 1 rings (SSSR count). The molecule has 0 saturated carbocycles. The Morgan fingerprint density at radius 2 is 1.88 bits per heavy atom. The first-order chi connectivity index (χ1) is 7.52. The molecule has 7 heteroatoms. The molecule has 0 radical (unpaired) electrons. The average molecular weight is 261 g/mol. The average Bonchev–Trinajstić information content (AvgIpc) is 2.39. The van der Waals surface area contributed by atoms with Crippen molar-refractivity contribution in [1.29, 1.82) is 0 Å². The molecular weight excluding hydrogens is 242 g/mol. The van der Waals surface area contributed by atoms with Crippen molar-refractivity contribution in [3.05, 3.63) is 16.0 Å². The molecule has 3 N–H and O–H groups in total. The second-order valence-electron chi connectivity index (χ2n) is 5.24. The Labute approximate surface area is 101 Å². The van der Waals surface area contributed by atoms with E-state index in [-0.39, 0.29) is 29.0 Å². The van der Waals surface area contributed by atoms with E-state index in [0.717, 1.165) is 6.26 Å². The number of aromatic nitrogens is 2. The molecule has 0 aliphatic carbocycles. The van der Waals surface area contributed by atoms with Crippen molar-refractivity contribution < 1.29 is 8.42 Å². The molecule has 0 saturated heterocycles. The quantitative estimate of drug-likeness (QED) is 0.806. The zero-order valence-corrected chi connectivity index (χ0v) is 11.4. The summed E-state index contributed by atoms with van der Waals surface area (Å²) in [4.78, 5) is 11.8. The molecule has 0 aliphatic rings. The lowest BCUT2D eigenvalue weighted by Gasteiger charge is -2.16. The van der Waals surface area contributed by atoms with Crippen LogP contribution in [0.2, 0.25) is 0 Å². The summed E-state index contributed by atoms with van der Waals surface area (Å²) < 4.78 is 23.3. The van der Waals surface area contributed by atoms with Crippen molar-refractivity contribution in [3.63, 3.8) is 0 Å². The van der Waals surface area contributed by atoms with Crippen molar-refractivity contribution in [2.75, 3.05) is 17.7 Å². The minimum Gasteiger partial charge on any atom is -0.393 e. The number of aromatic amines is 1. The monoisotopic (exact) mass is 261 g/mol. The van der Waals surface area contributed by atoms with Gasteiger partial charge >= 0.3 is 0 Å². The zero-order valence-electron chi connectivity index (χ0n) is 10.6. The molecular formula is C10H19N3O3S. The summed E-state index contributed by atoms with van der Waals surface area (Å²) in [5.74, 6) is -0.0869. The minimum absolute atomic E-state index is 0.0869. The van der Waals surface area contributed by atoms with Crippen LogP contribution in [0, 0.1) is 0 Å². The molecule has 17 heavy (non-hydrogen) atoms. The van der Waals surface area contributed by atoms with Gasteiger partial charge in [-0.15, -0.1) is 0 Å². The van der Waals surface area contributed by atoms with E-state index in [1.165, 1.54) is 4.68 Å². The maximum atomic E-state index is 11.8. The van der Waals surface area contributed by atoms with Crippen molar-refractivity contribution >= 4 is 15.5 Å². The lowest BCUT2D eigenvalue weighted by atomic mass is 9.91. The van der Waals surface area contributed by atoms with Crippen LogP contribution in [0.3, 0.4) is 0 Å². The maximum Gasteiger partial charge on any atom is 0.289 e. The first-order valence-corrected chi connectivity index (χ1v) is 7.35. The Balaban J connectivity index is 3.09. The van der Waals surface area contributed by atoms with Crippen LogP contribution < -0.4 is 11.3 Å². The molecule has 0 bridgehead atoms. The van der Waals surface area contributed by atoms with Gasteiger partial charge in [0.1, 0.15) is 15.5 Å². The van der Waals surface area contributed by atoms with E-state index in [0.29, 0.717) is 5.69 Å². The smallest absolute Gasteiger partial charge is 0.289 e. The van der Waals surface area contributed by atoms with Gasteiger partial charge in [-0.3, -0.25) is 14.6 Å². The summed E-state index contributed by atoms with van der Waals surface area (Å²) in [6.07, 6.45) is 1.13. The van der Waals surface area contributed by atoms with Gasteiger partial charge < -0.3 is 5.73 Å². The SMILES string of the molecule is CC(C)(C)c1[nH]n(CCS(C)(=O)=O)c(=O)c1N. The fraction of sp³-hybridized carbons (Fsp3) is 0.700. The van der Waals surface area contributed by atoms with E-state index in [1.807, 2.05) is 20.8 Å². The third kappa shape index (κ3) is 3.36. The zero-order chi connectivity index (χ0) is 13.4. The van der Waals surface area contributed by atoms with E-state index in [4.69, 9.17) is 5.73 Å². The van der Waals surface area contributed by atoms with Crippen LogP contribution in [0.25, 0.3) is 0 Å². The number of nitrogens with two attached hydrogens (primary N) is 1. The fourth-order valence-electron chi connectivity index (χ4n) is 1.48. The van der Waals surface area contributed by atoms with Crippen molar-refractivity contribution in [2.45, 2.75) is 32.7 Å². The molecule has 0 unspecified atom stereocenters. The Morgan fingerprint density at radius 3 is 2.24 bits per heavy atom. The summed E-state index contributed by atoms with van der Waals surface area (Å²) >= 11 is 0. The summed E-state index contributed by atoms with van der Waals surface area (Å²) in [6, 6.07) is 0. The van der Waals surface area contributed by atoms with Crippen LogP contribution in [-0.4, -0.2) is 30.2 Å². The summed E-state index contributed by atoms with van der Waals surface area (Å²) in [5.41, 5.74) is 5.87. The molecule has 1 aromatic heterocycles. The third-order valence-electron chi connectivity index (χ3n) is 2.43. The predicted octanol–water partition coefficient (Wildman–Crippen LogP) is 0.101. The van der Waals surface area contributed by atoms with E-state index in [9.17, 15) is 13.2 Å². The van der Waals surface area contributed by atoms with E-state index in [1.54, 1.807) is 0 Å². The lowest BCUT2D eigenvalue weighted by Crippen LogP contribution is -2.22. The number of aryl methyl sites for hydroxylation is 1. The van der Waals surface area contributed by atoms with Gasteiger partial charge in [0.15, 0.2) is 0 Å². The highest BCUT2D eigenvalue weighted by Gasteiger charge is 2.22. The van der Waals surface area contributed by atoms with Crippen LogP contribution in [0.5, 0.6) is 0 Å². The standard InChI is InChI=1S/C10H19N3O3S/c1-10(2,3)8-7(11)9(14)13(12-8)5-6-17(4,15)16/h12H,5-6,11H2,1-4H3. The number of nitrogens with zero attached hydrogens (tertiary/aromatic N) is 1. The van der Waals surface area contributed by atoms with Crippen LogP contribution >= 0.6 is 0 Å². The first kappa shape index (κ1) is 13.8. The van der Waals surface area contributed by atoms with Gasteiger partial charge in [-0.25, -0.2) is 8.42 Å². The Hall–Kier alpha value is -1.24. The molecule has 1 heterocycles. The number of anilines is 1. The van der Waals surface area contributed by atoms with Crippen LogP contribution in [0.4, 0.5) is 5.69 Å². The van der Waals surface area contributed by atoms with Crippen LogP contribution in [-0.2, 0) is 21.8 Å². The van der Waals surface area contributed by atoms with Gasteiger partial charge in [0, 0.05) is 11.7 Å². The lowest BCUT2D eigenvalue weighted by molar-refractivity contribution is 0.535. The Kier molecular flexibility index (Phi) is 3.42. The number of hydrogen-bond acceptors (Lipinski definition) is 4. The summed E-state index contributed by atoms with van der Waals surface area (Å²) in [6.45, 7) is 5.87. The van der Waals surface area contributed by atoms with E-state index >= 15 is 0 Å². The van der Waals surface area contributed by atoms with Crippen molar-refractivity contribution in [1.82, 2.24) is 9.78 Å². The molecule has 0 spiro atoms. The highest BCUT2D eigenvalue weighted by Crippen LogP contribution is 2.23. The van der Waals surface area contributed by atoms with E-state index < -0.39 is 9.84 Å². The maximum absolute atomic E-state index is 11.8. The second kappa shape index (κ2) is 4.21. The normalized spacial score (nSPS) is 12.9. The highest BCUT2D eigenvalue weighted by molar-refractivity contribution is 7.90. The van der Waals surface area contributed by atoms with Crippen molar-refractivity contribution in [2.24, 2.45) is 0 Å².